The fourth-order valence-electron chi connectivity index (χ4n) is 1.58. The van der Waals surface area contributed by atoms with Gasteiger partial charge < -0.3 is 0 Å². The minimum absolute atomic E-state index is 0.908. The molecule has 1 heterocycles. The van der Waals surface area contributed by atoms with Crippen molar-refractivity contribution >= 4 is 0 Å². The molecule has 2 rings (SSSR count). The zero-order chi connectivity index (χ0) is 7.68. The van der Waals surface area contributed by atoms with E-state index in [0.29, 0.717) is 0 Å². The molecule has 0 saturated carbocycles. The highest BCUT2D eigenvalue weighted by Gasteiger charge is 2.09. The van der Waals surface area contributed by atoms with Crippen molar-refractivity contribution in [2.45, 2.75) is 32.6 Å². The maximum Gasteiger partial charge on any atom is 0.125 e. The molecule has 1 aliphatic carbocycles. The molecule has 0 spiro atoms. The van der Waals surface area contributed by atoms with Gasteiger partial charge in [-0.2, -0.15) is 0 Å². The lowest BCUT2D eigenvalue weighted by atomic mass is 9.98. The summed E-state index contributed by atoms with van der Waals surface area (Å²) in [7, 11) is 0. The lowest BCUT2D eigenvalue weighted by molar-refractivity contribution is 0.658. The monoisotopic (exact) mass is 148 g/mol. The highest BCUT2D eigenvalue weighted by Crippen LogP contribution is 2.17. The van der Waals surface area contributed by atoms with E-state index < -0.39 is 0 Å². The Morgan fingerprint density at radius 2 is 2.09 bits per heavy atom. The average molecular weight is 148 g/mol. The number of fused-ring (bicyclic) bond motifs is 1. The summed E-state index contributed by atoms with van der Waals surface area (Å²) in [5.74, 6) is 0.908. The third-order valence-electron chi connectivity index (χ3n) is 2.18. The molecule has 0 atom stereocenters. The highest BCUT2D eigenvalue weighted by atomic mass is 14.9. The van der Waals surface area contributed by atoms with Crippen LogP contribution in [-0.4, -0.2) is 9.97 Å². The van der Waals surface area contributed by atoms with Crippen LogP contribution in [0.2, 0.25) is 0 Å². The van der Waals surface area contributed by atoms with Crippen molar-refractivity contribution in [1.82, 2.24) is 9.97 Å². The van der Waals surface area contributed by atoms with E-state index >= 15 is 0 Å². The van der Waals surface area contributed by atoms with Crippen LogP contribution in [-0.2, 0) is 12.8 Å². The van der Waals surface area contributed by atoms with Gasteiger partial charge in [-0.15, -0.1) is 0 Å². The first kappa shape index (κ1) is 6.77. The molecule has 1 aliphatic rings. The number of aryl methyl sites for hydroxylation is 3. The zero-order valence-electron chi connectivity index (χ0n) is 6.80. The molecule has 0 saturated heterocycles. The average Bonchev–Trinajstić information content (AvgIpc) is 2.04. The Hall–Kier alpha value is -0.920. The zero-order valence-corrected chi connectivity index (χ0v) is 6.80. The van der Waals surface area contributed by atoms with Crippen LogP contribution < -0.4 is 0 Å². The fourth-order valence-corrected chi connectivity index (χ4v) is 1.58. The van der Waals surface area contributed by atoms with E-state index in [9.17, 15) is 0 Å². The summed E-state index contributed by atoms with van der Waals surface area (Å²) in [5, 5.41) is 0. The van der Waals surface area contributed by atoms with Crippen molar-refractivity contribution in [2.75, 3.05) is 0 Å². The molecule has 0 aromatic carbocycles. The summed E-state index contributed by atoms with van der Waals surface area (Å²) >= 11 is 0. The summed E-state index contributed by atoms with van der Waals surface area (Å²) < 4.78 is 0. The van der Waals surface area contributed by atoms with Crippen LogP contribution in [0.5, 0.6) is 0 Å². The van der Waals surface area contributed by atoms with Gasteiger partial charge in [-0.3, -0.25) is 0 Å². The van der Waals surface area contributed by atoms with Crippen molar-refractivity contribution in [3.8, 4) is 0 Å². The number of aromatic nitrogens is 2. The molecule has 0 fully saturated rings. The molecule has 11 heavy (non-hydrogen) atoms. The quantitative estimate of drug-likeness (QED) is 0.559. The Kier molecular flexibility index (Phi) is 1.60. The molecular formula is C9H12N2. The van der Waals surface area contributed by atoms with Gasteiger partial charge in [-0.05, 0) is 38.2 Å². The van der Waals surface area contributed by atoms with Crippen LogP contribution in [0.1, 0.15) is 29.9 Å². The molecule has 0 unspecified atom stereocenters. The van der Waals surface area contributed by atoms with Gasteiger partial charge in [0.15, 0.2) is 0 Å². The second-order valence-electron chi connectivity index (χ2n) is 3.10. The molecule has 0 bridgehead atoms. The standard InChI is InChI=1S/C9H12N2/c1-7-10-6-8-4-2-3-5-9(8)11-7/h6H,2-5H2,1H3. The van der Waals surface area contributed by atoms with Crippen LogP contribution in [0.25, 0.3) is 0 Å². The second-order valence-corrected chi connectivity index (χ2v) is 3.10. The van der Waals surface area contributed by atoms with E-state index in [1.807, 2.05) is 13.1 Å². The van der Waals surface area contributed by atoms with Gasteiger partial charge in [0.2, 0.25) is 0 Å². The molecule has 2 nitrogen and oxygen atoms in total. The minimum atomic E-state index is 0.908. The van der Waals surface area contributed by atoms with Crippen LogP contribution in [0.15, 0.2) is 6.20 Å². The van der Waals surface area contributed by atoms with Gasteiger partial charge in [0, 0.05) is 11.9 Å². The smallest absolute Gasteiger partial charge is 0.125 e. The van der Waals surface area contributed by atoms with Crippen molar-refractivity contribution in [2.24, 2.45) is 0 Å². The molecule has 2 heteroatoms. The summed E-state index contributed by atoms with van der Waals surface area (Å²) in [6, 6.07) is 0. The maximum atomic E-state index is 4.40. The summed E-state index contributed by atoms with van der Waals surface area (Å²) in [6.45, 7) is 1.95. The summed E-state index contributed by atoms with van der Waals surface area (Å²) in [4.78, 5) is 8.58. The Bertz CT molecular complexity index is 268. The van der Waals surface area contributed by atoms with E-state index in [-0.39, 0.29) is 0 Å². The van der Waals surface area contributed by atoms with E-state index in [4.69, 9.17) is 0 Å². The van der Waals surface area contributed by atoms with Crippen LogP contribution in [0, 0.1) is 6.92 Å². The van der Waals surface area contributed by atoms with Gasteiger partial charge in [-0.1, -0.05) is 0 Å². The second kappa shape index (κ2) is 2.61. The predicted molar refractivity (Wildman–Crippen MR) is 43.4 cm³/mol. The lowest BCUT2D eigenvalue weighted by Crippen LogP contribution is -2.07. The first-order valence-corrected chi connectivity index (χ1v) is 4.17. The maximum absolute atomic E-state index is 4.40. The van der Waals surface area contributed by atoms with Crippen molar-refractivity contribution in [3.63, 3.8) is 0 Å². The number of rotatable bonds is 0. The first-order chi connectivity index (χ1) is 5.36. The Labute approximate surface area is 66.7 Å². The number of nitrogens with zero attached hydrogens (tertiary/aromatic N) is 2. The molecule has 58 valence electrons. The van der Waals surface area contributed by atoms with E-state index in [0.717, 1.165) is 12.2 Å². The predicted octanol–water partition coefficient (Wildman–Crippen LogP) is 1.66. The molecule has 0 N–H and O–H groups in total. The van der Waals surface area contributed by atoms with Crippen molar-refractivity contribution in [3.05, 3.63) is 23.3 Å². The molecular weight excluding hydrogens is 136 g/mol. The normalized spacial score (nSPS) is 16.1. The Morgan fingerprint density at radius 3 is 3.00 bits per heavy atom. The third-order valence-corrected chi connectivity index (χ3v) is 2.18. The van der Waals surface area contributed by atoms with Crippen molar-refractivity contribution < 1.29 is 0 Å². The van der Waals surface area contributed by atoms with Gasteiger partial charge in [0.1, 0.15) is 5.82 Å². The summed E-state index contributed by atoms with van der Waals surface area (Å²) in [6.07, 6.45) is 6.91. The largest absolute Gasteiger partial charge is 0.241 e. The molecule has 0 aliphatic heterocycles. The van der Waals surface area contributed by atoms with Gasteiger partial charge in [-0.25, -0.2) is 9.97 Å². The molecule has 1 aromatic heterocycles. The Morgan fingerprint density at radius 1 is 1.27 bits per heavy atom. The molecule has 0 amide bonds. The minimum Gasteiger partial charge on any atom is -0.241 e. The van der Waals surface area contributed by atoms with Crippen LogP contribution in [0.4, 0.5) is 0 Å². The molecule has 1 aromatic rings. The third kappa shape index (κ3) is 1.25. The summed E-state index contributed by atoms with van der Waals surface area (Å²) in [5.41, 5.74) is 2.64. The number of hydrogen-bond donors (Lipinski definition) is 0. The highest BCUT2D eigenvalue weighted by molar-refractivity contribution is 5.19. The fraction of sp³-hybridized carbons (Fsp3) is 0.556. The van der Waals surface area contributed by atoms with Crippen molar-refractivity contribution in [1.29, 1.82) is 0 Å². The van der Waals surface area contributed by atoms with Crippen LogP contribution in [0.3, 0.4) is 0 Å². The van der Waals surface area contributed by atoms with Gasteiger partial charge in [0.25, 0.3) is 0 Å². The number of hydrogen-bond acceptors (Lipinski definition) is 2. The van der Waals surface area contributed by atoms with Gasteiger partial charge >= 0.3 is 0 Å². The van der Waals surface area contributed by atoms with E-state index in [1.165, 1.54) is 30.5 Å². The lowest BCUT2D eigenvalue weighted by Gasteiger charge is -2.13. The first-order valence-electron chi connectivity index (χ1n) is 4.17. The Balaban J connectivity index is 2.43. The van der Waals surface area contributed by atoms with E-state index in [1.54, 1.807) is 0 Å². The van der Waals surface area contributed by atoms with Gasteiger partial charge in [0.05, 0.1) is 0 Å². The topological polar surface area (TPSA) is 25.8 Å². The SMILES string of the molecule is Cc1ncc2c(n1)CCCC2. The van der Waals surface area contributed by atoms with E-state index in [2.05, 4.69) is 9.97 Å². The molecule has 0 radical (unpaired) electrons. The van der Waals surface area contributed by atoms with Crippen LogP contribution >= 0.6 is 0 Å².